The number of carboxylic acid groups (broad SMARTS) is 1. The Morgan fingerprint density at radius 1 is 1.04 bits per heavy atom. The Labute approximate surface area is 168 Å². The van der Waals surface area contributed by atoms with E-state index in [1.165, 1.54) is 0 Å². The van der Waals surface area contributed by atoms with Gasteiger partial charge in [0.1, 0.15) is 0 Å². The van der Waals surface area contributed by atoms with Gasteiger partial charge < -0.3 is 25.1 Å². The molecule has 3 amide bonds. The smallest absolute Gasteiger partial charge is 0.317 e. The molecule has 0 saturated carbocycles. The molecule has 0 bridgehead atoms. The molecule has 2 aliphatic rings. The molecule has 2 saturated heterocycles. The van der Waals surface area contributed by atoms with Crippen molar-refractivity contribution >= 4 is 17.9 Å². The molecular formula is C20H36N4O4. The molecular weight excluding hydrogens is 360 g/mol. The summed E-state index contributed by atoms with van der Waals surface area (Å²) >= 11 is 0. The first kappa shape index (κ1) is 22.5. The molecule has 8 nitrogen and oxygen atoms in total. The van der Waals surface area contributed by atoms with Crippen molar-refractivity contribution in [2.45, 2.75) is 52.5 Å². The van der Waals surface area contributed by atoms with Crippen LogP contribution in [0.1, 0.15) is 46.5 Å². The van der Waals surface area contributed by atoms with Gasteiger partial charge in [-0.25, -0.2) is 4.79 Å². The van der Waals surface area contributed by atoms with Crippen LogP contribution in [0.3, 0.4) is 0 Å². The summed E-state index contributed by atoms with van der Waals surface area (Å²) in [6, 6.07) is 0.0321. The number of aliphatic carboxylic acids is 1. The summed E-state index contributed by atoms with van der Waals surface area (Å²) in [5, 5.41) is 12.2. The maximum atomic E-state index is 12.4. The minimum absolute atomic E-state index is 0.0550. The summed E-state index contributed by atoms with van der Waals surface area (Å²) in [5.74, 6) is -0.333. The zero-order valence-corrected chi connectivity index (χ0v) is 17.5. The van der Waals surface area contributed by atoms with Crippen LogP contribution in [0.15, 0.2) is 0 Å². The van der Waals surface area contributed by atoms with Gasteiger partial charge >= 0.3 is 12.0 Å². The fourth-order valence-electron chi connectivity index (χ4n) is 4.28. The number of carbonyl (C=O) groups is 3. The van der Waals surface area contributed by atoms with E-state index < -0.39 is 5.97 Å². The Kier molecular flexibility index (Phi) is 8.54. The molecule has 0 aromatic carbocycles. The second kappa shape index (κ2) is 10.6. The fraction of sp³-hybridized carbons (Fsp3) is 0.850. The zero-order chi connectivity index (χ0) is 20.7. The van der Waals surface area contributed by atoms with Gasteiger partial charge in [0.05, 0.1) is 0 Å². The van der Waals surface area contributed by atoms with Gasteiger partial charge in [0.15, 0.2) is 0 Å². The van der Waals surface area contributed by atoms with Crippen molar-refractivity contribution in [1.82, 2.24) is 20.0 Å². The SMILES string of the molecule is CC(=O)N1CCCN(CCC2CN(C(=O)NC(C)C)CCC2CC(=O)O)CC1. The highest BCUT2D eigenvalue weighted by molar-refractivity contribution is 5.74. The number of nitrogens with zero attached hydrogens (tertiary/aromatic N) is 3. The highest BCUT2D eigenvalue weighted by Gasteiger charge is 2.33. The first-order chi connectivity index (χ1) is 13.3. The Bertz CT molecular complexity index is 554. The molecule has 2 fully saturated rings. The highest BCUT2D eigenvalue weighted by atomic mass is 16.4. The lowest BCUT2D eigenvalue weighted by molar-refractivity contribution is -0.139. The lowest BCUT2D eigenvalue weighted by Crippen LogP contribution is -2.50. The van der Waals surface area contributed by atoms with E-state index in [2.05, 4.69) is 10.2 Å². The molecule has 0 aromatic rings. The molecule has 2 unspecified atom stereocenters. The van der Waals surface area contributed by atoms with Crippen LogP contribution in [0, 0.1) is 11.8 Å². The largest absolute Gasteiger partial charge is 0.481 e. The first-order valence-electron chi connectivity index (χ1n) is 10.5. The Morgan fingerprint density at radius 2 is 1.79 bits per heavy atom. The number of hydrogen-bond donors (Lipinski definition) is 2. The molecule has 0 aromatic heterocycles. The summed E-state index contributed by atoms with van der Waals surface area (Å²) in [5.41, 5.74) is 0. The van der Waals surface area contributed by atoms with Crippen molar-refractivity contribution in [1.29, 1.82) is 0 Å². The molecule has 0 aliphatic carbocycles. The molecule has 0 spiro atoms. The van der Waals surface area contributed by atoms with E-state index in [0.717, 1.165) is 52.0 Å². The highest BCUT2D eigenvalue weighted by Crippen LogP contribution is 2.29. The number of piperidine rings is 1. The quantitative estimate of drug-likeness (QED) is 0.709. The second-order valence-corrected chi connectivity index (χ2v) is 8.45. The molecule has 0 radical (unpaired) electrons. The average Bonchev–Trinajstić information content (AvgIpc) is 2.85. The van der Waals surface area contributed by atoms with Crippen molar-refractivity contribution in [3.63, 3.8) is 0 Å². The number of urea groups is 1. The maximum Gasteiger partial charge on any atom is 0.317 e. The minimum atomic E-state index is -0.762. The van der Waals surface area contributed by atoms with Crippen LogP contribution in [-0.2, 0) is 9.59 Å². The van der Waals surface area contributed by atoms with Crippen LogP contribution in [0.25, 0.3) is 0 Å². The van der Waals surface area contributed by atoms with Crippen LogP contribution in [0.5, 0.6) is 0 Å². The van der Waals surface area contributed by atoms with E-state index in [-0.39, 0.29) is 36.2 Å². The number of carbonyl (C=O) groups excluding carboxylic acids is 2. The van der Waals surface area contributed by atoms with Crippen molar-refractivity contribution in [2.24, 2.45) is 11.8 Å². The molecule has 160 valence electrons. The topological polar surface area (TPSA) is 93.2 Å². The predicted molar refractivity (Wildman–Crippen MR) is 107 cm³/mol. The van der Waals surface area contributed by atoms with Gasteiger partial charge in [-0.15, -0.1) is 0 Å². The molecule has 28 heavy (non-hydrogen) atoms. The number of likely N-dealkylation sites (tertiary alicyclic amines) is 1. The van der Waals surface area contributed by atoms with Crippen LogP contribution in [0.4, 0.5) is 4.79 Å². The minimum Gasteiger partial charge on any atom is -0.481 e. The predicted octanol–water partition coefficient (Wildman–Crippen LogP) is 1.46. The maximum absolute atomic E-state index is 12.4. The van der Waals surface area contributed by atoms with Crippen LogP contribution in [-0.4, -0.2) is 89.6 Å². The van der Waals surface area contributed by atoms with E-state index in [1.54, 1.807) is 6.92 Å². The molecule has 2 rings (SSSR count). The molecule has 2 aliphatic heterocycles. The summed E-state index contributed by atoms with van der Waals surface area (Å²) in [6.45, 7) is 11.0. The third-order valence-electron chi connectivity index (χ3n) is 5.88. The Balaban J connectivity index is 1.92. The first-order valence-corrected chi connectivity index (χ1v) is 10.5. The van der Waals surface area contributed by atoms with E-state index in [1.807, 2.05) is 23.6 Å². The number of carboxylic acids is 1. The van der Waals surface area contributed by atoms with Gasteiger partial charge in [-0.1, -0.05) is 0 Å². The lowest BCUT2D eigenvalue weighted by Gasteiger charge is -2.39. The van der Waals surface area contributed by atoms with Crippen LogP contribution >= 0.6 is 0 Å². The van der Waals surface area contributed by atoms with E-state index in [4.69, 9.17) is 0 Å². The number of amides is 3. The number of nitrogens with one attached hydrogen (secondary N) is 1. The van der Waals surface area contributed by atoms with Gasteiger partial charge in [0.2, 0.25) is 5.91 Å². The van der Waals surface area contributed by atoms with Gasteiger partial charge in [-0.05, 0) is 58.0 Å². The van der Waals surface area contributed by atoms with E-state index in [9.17, 15) is 19.5 Å². The van der Waals surface area contributed by atoms with E-state index in [0.29, 0.717) is 13.1 Å². The van der Waals surface area contributed by atoms with Gasteiger partial charge in [0.25, 0.3) is 0 Å². The molecule has 2 N–H and O–H groups in total. The number of hydrogen-bond acceptors (Lipinski definition) is 4. The standard InChI is InChI=1S/C20H36N4O4/c1-15(2)21-20(28)24-10-6-17(13-19(26)27)18(14-24)5-9-22-7-4-8-23(12-11-22)16(3)25/h15,17-18H,4-14H2,1-3H3,(H,21,28)(H,26,27). The van der Waals surface area contributed by atoms with Crippen molar-refractivity contribution in [3.05, 3.63) is 0 Å². The van der Waals surface area contributed by atoms with Gasteiger partial charge in [-0.2, -0.15) is 0 Å². The Morgan fingerprint density at radius 3 is 2.43 bits per heavy atom. The monoisotopic (exact) mass is 396 g/mol. The van der Waals surface area contributed by atoms with Gasteiger partial charge in [-0.3, -0.25) is 9.59 Å². The van der Waals surface area contributed by atoms with Crippen molar-refractivity contribution < 1.29 is 19.5 Å². The lowest BCUT2D eigenvalue weighted by atomic mass is 9.81. The molecule has 2 atom stereocenters. The number of rotatable bonds is 6. The third kappa shape index (κ3) is 6.96. The normalized spacial score (nSPS) is 24.1. The van der Waals surface area contributed by atoms with Crippen LogP contribution < -0.4 is 5.32 Å². The zero-order valence-electron chi connectivity index (χ0n) is 17.5. The summed E-state index contributed by atoms with van der Waals surface area (Å²) in [6.07, 6.45) is 2.75. The van der Waals surface area contributed by atoms with Crippen molar-refractivity contribution in [3.8, 4) is 0 Å². The second-order valence-electron chi connectivity index (χ2n) is 8.45. The average molecular weight is 397 g/mol. The van der Waals surface area contributed by atoms with Gasteiger partial charge in [0, 0.05) is 52.1 Å². The third-order valence-corrected chi connectivity index (χ3v) is 5.88. The fourth-order valence-corrected chi connectivity index (χ4v) is 4.28. The Hall–Kier alpha value is -1.83. The summed E-state index contributed by atoms with van der Waals surface area (Å²) < 4.78 is 0. The van der Waals surface area contributed by atoms with E-state index >= 15 is 0 Å². The summed E-state index contributed by atoms with van der Waals surface area (Å²) in [7, 11) is 0. The molecule has 2 heterocycles. The summed E-state index contributed by atoms with van der Waals surface area (Å²) in [4.78, 5) is 41.4. The van der Waals surface area contributed by atoms with Crippen LogP contribution in [0.2, 0.25) is 0 Å². The molecule has 8 heteroatoms. The van der Waals surface area contributed by atoms with Crippen molar-refractivity contribution in [2.75, 3.05) is 45.8 Å².